The molecule has 0 spiro atoms. The molecule has 1 saturated carbocycles. The van der Waals surface area contributed by atoms with Crippen LogP contribution in [-0.2, 0) is 17.8 Å². The van der Waals surface area contributed by atoms with Crippen LogP contribution in [0, 0.1) is 0 Å². The van der Waals surface area contributed by atoms with Gasteiger partial charge in [-0.05, 0) is 48.2 Å². The fourth-order valence-corrected chi connectivity index (χ4v) is 2.70. The van der Waals surface area contributed by atoms with Gasteiger partial charge in [0.25, 0.3) is 0 Å². The van der Waals surface area contributed by atoms with Crippen LogP contribution in [0.2, 0.25) is 5.02 Å². The number of benzene rings is 2. The predicted octanol–water partition coefficient (Wildman–Crippen LogP) is 3.66. The van der Waals surface area contributed by atoms with E-state index in [-0.39, 0.29) is 5.91 Å². The second kappa shape index (κ2) is 6.41. The highest BCUT2D eigenvalue weighted by molar-refractivity contribution is 6.30. The van der Waals surface area contributed by atoms with E-state index < -0.39 is 0 Å². The van der Waals surface area contributed by atoms with Crippen molar-refractivity contribution in [3.8, 4) is 0 Å². The minimum Gasteiger partial charge on any atom is -0.399 e. The van der Waals surface area contributed by atoms with Crippen LogP contribution in [0.4, 0.5) is 5.69 Å². The average molecular weight is 315 g/mol. The standard InChI is InChI=1S/C18H19ClN2O/c19-15-6-4-13(5-7-15)12-21(17-8-9-17)18(22)11-14-2-1-3-16(20)10-14/h1-7,10,17H,8-9,11-12,20H2. The third-order valence-corrected chi connectivity index (χ3v) is 4.13. The molecule has 2 aromatic rings. The highest BCUT2D eigenvalue weighted by Gasteiger charge is 2.32. The molecule has 4 heteroatoms. The number of anilines is 1. The van der Waals surface area contributed by atoms with Crippen LogP contribution >= 0.6 is 11.6 Å². The lowest BCUT2D eigenvalue weighted by atomic mass is 10.1. The summed E-state index contributed by atoms with van der Waals surface area (Å²) in [6.07, 6.45) is 2.58. The van der Waals surface area contributed by atoms with Gasteiger partial charge in [0, 0.05) is 23.3 Å². The van der Waals surface area contributed by atoms with E-state index in [0.29, 0.717) is 29.7 Å². The maximum absolute atomic E-state index is 12.6. The summed E-state index contributed by atoms with van der Waals surface area (Å²) >= 11 is 5.92. The summed E-state index contributed by atoms with van der Waals surface area (Å²) in [6, 6.07) is 15.6. The molecule has 0 heterocycles. The summed E-state index contributed by atoms with van der Waals surface area (Å²) in [5, 5.41) is 0.716. The highest BCUT2D eigenvalue weighted by atomic mass is 35.5. The van der Waals surface area contributed by atoms with Gasteiger partial charge in [-0.15, -0.1) is 0 Å². The predicted molar refractivity (Wildman–Crippen MR) is 89.6 cm³/mol. The van der Waals surface area contributed by atoms with Gasteiger partial charge >= 0.3 is 0 Å². The Kier molecular flexibility index (Phi) is 4.34. The third kappa shape index (κ3) is 3.80. The minimum absolute atomic E-state index is 0.156. The summed E-state index contributed by atoms with van der Waals surface area (Å²) in [7, 11) is 0. The molecule has 1 aliphatic carbocycles. The first-order chi connectivity index (χ1) is 10.6. The molecule has 2 aromatic carbocycles. The first kappa shape index (κ1) is 14.9. The topological polar surface area (TPSA) is 46.3 Å². The molecule has 2 N–H and O–H groups in total. The van der Waals surface area contributed by atoms with Crippen LogP contribution in [-0.4, -0.2) is 16.8 Å². The molecule has 0 bridgehead atoms. The molecular formula is C18H19ClN2O. The van der Waals surface area contributed by atoms with Gasteiger partial charge in [0.1, 0.15) is 0 Å². The summed E-state index contributed by atoms with van der Waals surface area (Å²) in [4.78, 5) is 14.6. The molecule has 0 saturated heterocycles. The van der Waals surface area contributed by atoms with E-state index in [1.807, 2.05) is 53.4 Å². The zero-order valence-corrected chi connectivity index (χ0v) is 13.1. The average Bonchev–Trinajstić information content (AvgIpc) is 3.31. The van der Waals surface area contributed by atoms with Crippen LogP contribution in [0.5, 0.6) is 0 Å². The molecule has 1 aliphatic rings. The van der Waals surface area contributed by atoms with Crippen molar-refractivity contribution >= 4 is 23.2 Å². The van der Waals surface area contributed by atoms with Crippen molar-refractivity contribution < 1.29 is 4.79 Å². The monoisotopic (exact) mass is 314 g/mol. The summed E-state index contributed by atoms with van der Waals surface area (Å²) in [6.45, 7) is 0.642. The Balaban J connectivity index is 1.70. The molecule has 0 aromatic heterocycles. The number of amides is 1. The Morgan fingerprint density at radius 3 is 2.50 bits per heavy atom. The minimum atomic E-state index is 0.156. The van der Waals surface area contributed by atoms with Gasteiger partial charge in [0.2, 0.25) is 5.91 Å². The Hall–Kier alpha value is -2.00. The van der Waals surface area contributed by atoms with E-state index >= 15 is 0 Å². The SMILES string of the molecule is Nc1cccc(CC(=O)N(Cc2ccc(Cl)cc2)C2CC2)c1. The molecule has 0 atom stereocenters. The van der Waals surface area contributed by atoms with Gasteiger partial charge in [-0.3, -0.25) is 4.79 Å². The molecule has 0 radical (unpaired) electrons. The molecule has 1 fully saturated rings. The molecule has 1 amide bonds. The van der Waals surface area contributed by atoms with Crippen LogP contribution in [0.3, 0.4) is 0 Å². The fraction of sp³-hybridized carbons (Fsp3) is 0.278. The van der Waals surface area contributed by atoms with E-state index in [0.717, 1.165) is 24.0 Å². The quantitative estimate of drug-likeness (QED) is 0.856. The Morgan fingerprint density at radius 1 is 1.14 bits per heavy atom. The van der Waals surface area contributed by atoms with Gasteiger partial charge in [-0.2, -0.15) is 0 Å². The van der Waals surface area contributed by atoms with Gasteiger partial charge in [0.05, 0.1) is 6.42 Å². The van der Waals surface area contributed by atoms with Crippen molar-refractivity contribution in [2.45, 2.75) is 31.8 Å². The Bertz CT molecular complexity index is 665. The number of carbonyl (C=O) groups excluding carboxylic acids is 1. The molecule has 114 valence electrons. The number of nitrogen functional groups attached to an aromatic ring is 1. The second-order valence-electron chi connectivity index (χ2n) is 5.80. The second-order valence-corrected chi connectivity index (χ2v) is 6.24. The number of halogens is 1. The normalized spacial score (nSPS) is 13.9. The maximum Gasteiger partial charge on any atom is 0.227 e. The number of hydrogen-bond donors (Lipinski definition) is 1. The third-order valence-electron chi connectivity index (χ3n) is 3.88. The smallest absolute Gasteiger partial charge is 0.227 e. The summed E-state index contributed by atoms with van der Waals surface area (Å²) in [5.74, 6) is 0.156. The fourth-order valence-electron chi connectivity index (χ4n) is 2.57. The molecule has 3 nitrogen and oxygen atoms in total. The van der Waals surface area contributed by atoms with Crippen LogP contribution in [0.1, 0.15) is 24.0 Å². The summed E-state index contributed by atoms with van der Waals surface area (Å²) in [5.41, 5.74) is 8.55. The Morgan fingerprint density at radius 2 is 1.86 bits per heavy atom. The molecule has 3 rings (SSSR count). The number of carbonyl (C=O) groups is 1. The molecular weight excluding hydrogens is 296 g/mol. The largest absolute Gasteiger partial charge is 0.399 e. The molecule has 0 unspecified atom stereocenters. The highest BCUT2D eigenvalue weighted by Crippen LogP contribution is 2.29. The molecule has 22 heavy (non-hydrogen) atoms. The van der Waals surface area contributed by atoms with E-state index in [9.17, 15) is 4.79 Å². The zero-order chi connectivity index (χ0) is 15.5. The zero-order valence-electron chi connectivity index (χ0n) is 12.3. The van der Waals surface area contributed by atoms with E-state index in [2.05, 4.69) is 0 Å². The maximum atomic E-state index is 12.6. The van der Waals surface area contributed by atoms with Crippen molar-refractivity contribution in [1.29, 1.82) is 0 Å². The lowest BCUT2D eigenvalue weighted by Gasteiger charge is -2.23. The van der Waals surface area contributed by atoms with E-state index in [1.165, 1.54) is 0 Å². The van der Waals surface area contributed by atoms with Crippen molar-refractivity contribution in [1.82, 2.24) is 4.90 Å². The van der Waals surface area contributed by atoms with Crippen molar-refractivity contribution in [3.05, 3.63) is 64.7 Å². The number of nitrogens with two attached hydrogens (primary N) is 1. The van der Waals surface area contributed by atoms with Gasteiger partial charge in [0.15, 0.2) is 0 Å². The van der Waals surface area contributed by atoms with Crippen LogP contribution in [0.25, 0.3) is 0 Å². The van der Waals surface area contributed by atoms with Gasteiger partial charge in [-0.25, -0.2) is 0 Å². The molecule has 0 aliphatic heterocycles. The number of hydrogen-bond acceptors (Lipinski definition) is 2. The lowest BCUT2D eigenvalue weighted by molar-refractivity contribution is -0.131. The van der Waals surface area contributed by atoms with Crippen molar-refractivity contribution in [2.24, 2.45) is 0 Å². The van der Waals surface area contributed by atoms with Crippen molar-refractivity contribution in [3.63, 3.8) is 0 Å². The van der Waals surface area contributed by atoms with E-state index in [1.54, 1.807) is 0 Å². The first-order valence-electron chi connectivity index (χ1n) is 7.50. The lowest BCUT2D eigenvalue weighted by Crippen LogP contribution is -2.33. The van der Waals surface area contributed by atoms with Crippen LogP contribution in [0.15, 0.2) is 48.5 Å². The van der Waals surface area contributed by atoms with Crippen LogP contribution < -0.4 is 5.73 Å². The summed E-state index contributed by atoms with van der Waals surface area (Å²) < 4.78 is 0. The van der Waals surface area contributed by atoms with Crippen molar-refractivity contribution in [2.75, 3.05) is 5.73 Å². The van der Waals surface area contributed by atoms with Gasteiger partial charge < -0.3 is 10.6 Å². The van der Waals surface area contributed by atoms with Gasteiger partial charge in [-0.1, -0.05) is 35.9 Å². The first-order valence-corrected chi connectivity index (χ1v) is 7.88. The Labute approximate surface area is 135 Å². The number of rotatable bonds is 5. The van der Waals surface area contributed by atoms with E-state index in [4.69, 9.17) is 17.3 Å². The number of nitrogens with zero attached hydrogens (tertiary/aromatic N) is 1.